The average molecular weight is 379 g/mol. The summed E-state index contributed by atoms with van der Waals surface area (Å²) in [4.78, 5) is 33.5. The molecule has 0 bridgehead atoms. The third-order valence-corrected chi connectivity index (χ3v) is 4.70. The van der Waals surface area contributed by atoms with Crippen LogP contribution in [0, 0.1) is 0 Å². The van der Waals surface area contributed by atoms with Gasteiger partial charge in [0.05, 0.1) is 30.1 Å². The normalized spacial score (nSPS) is 11.4. The minimum atomic E-state index is -0.451. The third kappa shape index (κ3) is 4.46. The quantitative estimate of drug-likeness (QED) is 0.664. The Bertz CT molecular complexity index is 1040. The SMILES string of the molecule is COC(=O)c1ccc2c(=O)[nH]c(CN(C)Cc3ccc(C(C)C)cc3)nc2c1. The molecule has 0 fully saturated rings. The zero-order chi connectivity index (χ0) is 20.3. The predicted molar refractivity (Wildman–Crippen MR) is 109 cm³/mol. The van der Waals surface area contributed by atoms with Crippen molar-refractivity contribution in [2.75, 3.05) is 14.2 Å². The lowest BCUT2D eigenvalue weighted by Crippen LogP contribution is -2.22. The van der Waals surface area contributed by atoms with Crippen molar-refractivity contribution in [3.05, 3.63) is 75.3 Å². The molecule has 2 aromatic carbocycles. The fourth-order valence-electron chi connectivity index (χ4n) is 3.14. The van der Waals surface area contributed by atoms with Crippen molar-refractivity contribution in [2.24, 2.45) is 0 Å². The van der Waals surface area contributed by atoms with Gasteiger partial charge in [-0.25, -0.2) is 9.78 Å². The minimum absolute atomic E-state index is 0.217. The number of aromatic nitrogens is 2. The van der Waals surface area contributed by atoms with Crippen LogP contribution >= 0.6 is 0 Å². The van der Waals surface area contributed by atoms with Crippen molar-refractivity contribution >= 4 is 16.9 Å². The van der Waals surface area contributed by atoms with Crippen LogP contribution in [0.1, 0.15) is 47.1 Å². The molecule has 0 radical (unpaired) electrons. The molecule has 3 aromatic rings. The summed E-state index contributed by atoms with van der Waals surface area (Å²) in [5, 5.41) is 0.448. The lowest BCUT2D eigenvalue weighted by atomic mass is 10.0. The summed E-state index contributed by atoms with van der Waals surface area (Å²) in [5.41, 5.74) is 3.15. The number of ether oxygens (including phenoxy) is 1. The van der Waals surface area contributed by atoms with Crippen LogP contribution in [0.5, 0.6) is 0 Å². The first-order chi connectivity index (χ1) is 13.4. The molecule has 0 atom stereocenters. The van der Waals surface area contributed by atoms with Gasteiger partial charge in [-0.3, -0.25) is 9.69 Å². The Hall–Kier alpha value is -2.99. The average Bonchev–Trinajstić information content (AvgIpc) is 2.67. The molecule has 0 aliphatic heterocycles. The lowest BCUT2D eigenvalue weighted by Gasteiger charge is -2.17. The molecule has 0 aliphatic carbocycles. The molecule has 1 aromatic heterocycles. The number of rotatable bonds is 6. The highest BCUT2D eigenvalue weighted by Crippen LogP contribution is 2.16. The first kappa shape index (κ1) is 19.8. The maximum Gasteiger partial charge on any atom is 0.337 e. The molecular weight excluding hydrogens is 354 g/mol. The number of fused-ring (bicyclic) bond motifs is 1. The number of nitrogens with zero attached hydrogens (tertiary/aromatic N) is 2. The second-order valence-corrected chi connectivity index (χ2v) is 7.30. The van der Waals surface area contributed by atoms with Crippen molar-refractivity contribution in [1.29, 1.82) is 0 Å². The van der Waals surface area contributed by atoms with E-state index in [1.54, 1.807) is 18.2 Å². The van der Waals surface area contributed by atoms with Gasteiger partial charge in [0.1, 0.15) is 5.82 Å². The Balaban J connectivity index is 1.78. The summed E-state index contributed by atoms with van der Waals surface area (Å²) in [5.74, 6) is 0.613. The molecule has 3 rings (SSSR count). The number of esters is 1. The summed E-state index contributed by atoms with van der Waals surface area (Å²) >= 11 is 0. The Morgan fingerprint density at radius 3 is 2.50 bits per heavy atom. The zero-order valence-corrected chi connectivity index (χ0v) is 16.7. The number of nitrogens with one attached hydrogen (secondary N) is 1. The Kier molecular flexibility index (Phi) is 5.90. The van der Waals surface area contributed by atoms with Crippen LogP contribution < -0.4 is 5.56 Å². The van der Waals surface area contributed by atoms with Gasteiger partial charge in [-0.15, -0.1) is 0 Å². The van der Waals surface area contributed by atoms with Gasteiger partial charge in [-0.05, 0) is 42.3 Å². The largest absolute Gasteiger partial charge is 0.465 e. The van der Waals surface area contributed by atoms with E-state index in [-0.39, 0.29) is 5.56 Å². The van der Waals surface area contributed by atoms with Gasteiger partial charge in [-0.1, -0.05) is 38.1 Å². The smallest absolute Gasteiger partial charge is 0.337 e. The number of methoxy groups -OCH3 is 1. The van der Waals surface area contributed by atoms with E-state index in [4.69, 9.17) is 4.74 Å². The first-order valence-electron chi connectivity index (χ1n) is 9.26. The van der Waals surface area contributed by atoms with Gasteiger partial charge >= 0.3 is 5.97 Å². The fourth-order valence-corrected chi connectivity index (χ4v) is 3.14. The van der Waals surface area contributed by atoms with E-state index >= 15 is 0 Å². The van der Waals surface area contributed by atoms with Gasteiger partial charge < -0.3 is 9.72 Å². The van der Waals surface area contributed by atoms with E-state index in [0.29, 0.717) is 34.8 Å². The molecular formula is C22H25N3O3. The van der Waals surface area contributed by atoms with Crippen LogP contribution in [0.25, 0.3) is 10.9 Å². The highest BCUT2D eigenvalue weighted by atomic mass is 16.5. The van der Waals surface area contributed by atoms with Crippen molar-refractivity contribution in [2.45, 2.75) is 32.9 Å². The minimum Gasteiger partial charge on any atom is -0.465 e. The van der Waals surface area contributed by atoms with Crippen molar-refractivity contribution in [1.82, 2.24) is 14.9 Å². The third-order valence-electron chi connectivity index (χ3n) is 4.70. The van der Waals surface area contributed by atoms with Gasteiger partial charge in [0, 0.05) is 6.54 Å². The standard InChI is InChI=1S/C22H25N3O3/c1-14(2)16-7-5-15(6-8-16)12-25(3)13-20-23-19-11-17(22(27)28-4)9-10-18(19)21(26)24-20/h5-11,14H,12-13H2,1-4H3,(H,23,24,26). The second kappa shape index (κ2) is 8.35. The van der Waals surface area contributed by atoms with Gasteiger partial charge in [0.25, 0.3) is 5.56 Å². The molecule has 28 heavy (non-hydrogen) atoms. The molecule has 0 amide bonds. The number of hydrogen-bond acceptors (Lipinski definition) is 5. The predicted octanol–water partition coefficient (Wildman–Crippen LogP) is 3.47. The zero-order valence-electron chi connectivity index (χ0n) is 16.7. The maximum absolute atomic E-state index is 12.4. The molecule has 0 saturated carbocycles. The summed E-state index contributed by atoms with van der Waals surface area (Å²) < 4.78 is 4.74. The number of H-pyrrole nitrogens is 1. The monoisotopic (exact) mass is 379 g/mol. The van der Waals surface area contributed by atoms with Crippen LogP contribution in [-0.4, -0.2) is 35.0 Å². The van der Waals surface area contributed by atoms with Crippen LogP contribution in [-0.2, 0) is 17.8 Å². The molecule has 0 spiro atoms. The Morgan fingerprint density at radius 2 is 1.86 bits per heavy atom. The molecule has 146 valence electrons. The molecule has 1 heterocycles. The van der Waals surface area contributed by atoms with E-state index in [9.17, 15) is 9.59 Å². The highest BCUT2D eigenvalue weighted by Gasteiger charge is 2.11. The van der Waals surface area contributed by atoms with Crippen molar-refractivity contribution in [3.63, 3.8) is 0 Å². The number of aromatic amines is 1. The summed E-state index contributed by atoms with van der Waals surface area (Å²) in [6.07, 6.45) is 0. The van der Waals surface area contributed by atoms with Crippen molar-refractivity contribution < 1.29 is 9.53 Å². The second-order valence-electron chi connectivity index (χ2n) is 7.30. The van der Waals surface area contributed by atoms with Gasteiger partial charge in [0.2, 0.25) is 0 Å². The Labute approximate surface area is 164 Å². The highest BCUT2D eigenvalue weighted by molar-refractivity contribution is 5.93. The van der Waals surface area contributed by atoms with E-state index in [1.807, 2.05) is 7.05 Å². The first-order valence-corrected chi connectivity index (χ1v) is 9.26. The fraction of sp³-hybridized carbons (Fsp3) is 0.318. The summed E-state index contributed by atoms with van der Waals surface area (Å²) in [6.45, 7) is 5.57. The lowest BCUT2D eigenvalue weighted by molar-refractivity contribution is 0.0601. The van der Waals surface area contributed by atoms with Gasteiger partial charge in [-0.2, -0.15) is 0 Å². The topological polar surface area (TPSA) is 75.3 Å². The number of carbonyl (C=O) groups is 1. The molecule has 6 heteroatoms. The molecule has 0 unspecified atom stereocenters. The van der Waals surface area contributed by atoms with Crippen LogP contribution in [0.2, 0.25) is 0 Å². The Morgan fingerprint density at radius 1 is 1.14 bits per heavy atom. The molecule has 0 aliphatic rings. The molecule has 0 saturated heterocycles. The van der Waals surface area contributed by atoms with E-state index in [1.165, 1.54) is 18.2 Å². The van der Waals surface area contributed by atoms with Gasteiger partial charge in [0.15, 0.2) is 0 Å². The molecule has 1 N–H and O–H groups in total. The van der Waals surface area contributed by atoms with E-state index < -0.39 is 5.97 Å². The number of benzene rings is 2. The van der Waals surface area contributed by atoms with Crippen LogP contribution in [0.3, 0.4) is 0 Å². The summed E-state index contributed by atoms with van der Waals surface area (Å²) in [7, 11) is 3.30. The number of hydrogen-bond donors (Lipinski definition) is 1. The van der Waals surface area contributed by atoms with E-state index in [0.717, 1.165) is 6.54 Å². The van der Waals surface area contributed by atoms with Crippen LogP contribution in [0.4, 0.5) is 0 Å². The number of carbonyl (C=O) groups excluding carboxylic acids is 1. The van der Waals surface area contributed by atoms with E-state index in [2.05, 4.69) is 53.0 Å². The molecule has 6 nitrogen and oxygen atoms in total. The maximum atomic E-state index is 12.4. The van der Waals surface area contributed by atoms with Crippen LogP contribution in [0.15, 0.2) is 47.3 Å². The summed E-state index contributed by atoms with van der Waals surface area (Å²) in [6, 6.07) is 13.3. The van der Waals surface area contributed by atoms with Crippen molar-refractivity contribution in [3.8, 4) is 0 Å².